The monoisotopic (exact) mass is 258 g/mol. The molecule has 2 heterocycles. The molecule has 18 heavy (non-hydrogen) atoms. The fourth-order valence-corrected chi connectivity index (χ4v) is 2.84. The Labute approximate surface area is 108 Å². The fourth-order valence-electron chi connectivity index (χ4n) is 2.84. The SMILES string of the molecule is CC1CCN(CC(=O)N2C[C@@H](F)C[C@H]2CO)CC1. The van der Waals surface area contributed by atoms with E-state index >= 15 is 0 Å². The van der Waals surface area contributed by atoms with Crippen LogP contribution in [0.15, 0.2) is 0 Å². The highest BCUT2D eigenvalue weighted by Crippen LogP contribution is 2.21. The molecular weight excluding hydrogens is 235 g/mol. The number of aliphatic hydroxyl groups is 1. The lowest BCUT2D eigenvalue weighted by molar-refractivity contribution is -0.134. The van der Waals surface area contributed by atoms with E-state index in [4.69, 9.17) is 5.11 Å². The zero-order chi connectivity index (χ0) is 13.1. The number of hydrogen-bond acceptors (Lipinski definition) is 3. The Morgan fingerprint density at radius 2 is 2.06 bits per heavy atom. The van der Waals surface area contributed by atoms with Gasteiger partial charge >= 0.3 is 0 Å². The van der Waals surface area contributed by atoms with E-state index in [1.165, 1.54) is 4.90 Å². The average molecular weight is 258 g/mol. The third-order valence-corrected chi connectivity index (χ3v) is 4.13. The molecule has 0 aromatic rings. The van der Waals surface area contributed by atoms with E-state index in [1.54, 1.807) is 0 Å². The summed E-state index contributed by atoms with van der Waals surface area (Å²) in [5.41, 5.74) is 0. The highest BCUT2D eigenvalue weighted by Gasteiger charge is 2.35. The van der Waals surface area contributed by atoms with Gasteiger partial charge in [0.15, 0.2) is 0 Å². The predicted molar refractivity (Wildman–Crippen MR) is 66.9 cm³/mol. The van der Waals surface area contributed by atoms with Crippen molar-refractivity contribution in [2.45, 2.75) is 38.4 Å². The molecule has 5 heteroatoms. The van der Waals surface area contributed by atoms with Crippen molar-refractivity contribution in [2.24, 2.45) is 5.92 Å². The maximum absolute atomic E-state index is 13.3. The highest BCUT2D eigenvalue weighted by molar-refractivity contribution is 5.79. The first-order chi connectivity index (χ1) is 8.60. The third-order valence-electron chi connectivity index (χ3n) is 4.13. The molecule has 0 unspecified atom stereocenters. The molecular formula is C13H23FN2O2. The zero-order valence-corrected chi connectivity index (χ0v) is 11.0. The number of nitrogens with zero attached hydrogens (tertiary/aromatic N) is 2. The maximum atomic E-state index is 13.3. The molecule has 0 aromatic carbocycles. The second-order valence-corrected chi connectivity index (χ2v) is 5.67. The number of hydrogen-bond donors (Lipinski definition) is 1. The van der Waals surface area contributed by atoms with Crippen LogP contribution in [-0.2, 0) is 4.79 Å². The van der Waals surface area contributed by atoms with E-state index < -0.39 is 6.17 Å². The minimum Gasteiger partial charge on any atom is -0.394 e. The van der Waals surface area contributed by atoms with E-state index in [0.717, 1.165) is 31.8 Å². The molecule has 2 fully saturated rings. The molecule has 0 aliphatic carbocycles. The lowest BCUT2D eigenvalue weighted by Crippen LogP contribution is -2.46. The van der Waals surface area contributed by atoms with Crippen LogP contribution < -0.4 is 0 Å². The molecule has 0 spiro atoms. The quantitative estimate of drug-likeness (QED) is 0.808. The van der Waals surface area contributed by atoms with Crippen molar-refractivity contribution >= 4 is 5.91 Å². The summed E-state index contributed by atoms with van der Waals surface area (Å²) in [5.74, 6) is 0.701. The van der Waals surface area contributed by atoms with E-state index in [1.807, 2.05) is 0 Å². The van der Waals surface area contributed by atoms with E-state index in [9.17, 15) is 9.18 Å². The van der Waals surface area contributed by atoms with Crippen molar-refractivity contribution in [2.75, 3.05) is 32.8 Å². The Kier molecular flexibility index (Phi) is 4.56. The fraction of sp³-hybridized carbons (Fsp3) is 0.923. The number of aliphatic hydroxyl groups excluding tert-OH is 1. The molecule has 0 aromatic heterocycles. The van der Waals surface area contributed by atoms with Crippen LogP contribution >= 0.6 is 0 Å². The first-order valence-electron chi connectivity index (χ1n) is 6.87. The molecule has 1 N–H and O–H groups in total. The van der Waals surface area contributed by atoms with Crippen molar-refractivity contribution < 1.29 is 14.3 Å². The molecule has 0 bridgehead atoms. The number of amides is 1. The van der Waals surface area contributed by atoms with Crippen LogP contribution in [0.4, 0.5) is 4.39 Å². The predicted octanol–water partition coefficient (Wildman–Crippen LogP) is 0.650. The van der Waals surface area contributed by atoms with Gasteiger partial charge in [0.05, 0.1) is 25.7 Å². The zero-order valence-electron chi connectivity index (χ0n) is 11.0. The number of alkyl halides is 1. The summed E-state index contributed by atoms with van der Waals surface area (Å²) in [6, 6.07) is -0.323. The molecule has 2 rings (SSSR count). The van der Waals surface area contributed by atoms with Gasteiger partial charge < -0.3 is 10.0 Å². The lowest BCUT2D eigenvalue weighted by Gasteiger charge is -2.32. The smallest absolute Gasteiger partial charge is 0.237 e. The molecule has 1 amide bonds. The Balaban J connectivity index is 1.84. The largest absolute Gasteiger partial charge is 0.394 e. The summed E-state index contributed by atoms with van der Waals surface area (Å²) in [6.07, 6.45) is 1.55. The van der Waals surface area contributed by atoms with Crippen LogP contribution in [0, 0.1) is 5.92 Å². The number of halogens is 1. The average Bonchev–Trinajstić information content (AvgIpc) is 2.73. The van der Waals surface area contributed by atoms with Gasteiger partial charge in [0.1, 0.15) is 6.17 Å². The van der Waals surface area contributed by atoms with Gasteiger partial charge in [0.2, 0.25) is 5.91 Å². The number of carbonyl (C=O) groups excluding carboxylic acids is 1. The van der Waals surface area contributed by atoms with Crippen LogP contribution in [0.25, 0.3) is 0 Å². The van der Waals surface area contributed by atoms with Crippen LogP contribution in [0.2, 0.25) is 0 Å². The maximum Gasteiger partial charge on any atom is 0.237 e. The van der Waals surface area contributed by atoms with E-state index in [-0.39, 0.29) is 31.5 Å². The summed E-state index contributed by atoms with van der Waals surface area (Å²) < 4.78 is 13.3. The molecule has 2 aliphatic rings. The van der Waals surface area contributed by atoms with Crippen LogP contribution in [0.5, 0.6) is 0 Å². The molecule has 104 valence electrons. The summed E-state index contributed by atoms with van der Waals surface area (Å²) >= 11 is 0. The van der Waals surface area contributed by atoms with Crippen molar-refractivity contribution in [3.05, 3.63) is 0 Å². The van der Waals surface area contributed by atoms with Gasteiger partial charge in [-0.3, -0.25) is 9.69 Å². The number of likely N-dealkylation sites (tertiary alicyclic amines) is 2. The van der Waals surface area contributed by atoms with E-state index in [0.29, 0.717) is 6.54 Å². The van der Waals surface area contributed by atoms with E-state index in [2.05, 4.69) is 11.8 Å². The lowest BCUT2D eigenvalue weighted by atomic mass is 9.99. The van der Waals surface area contributed by atoms with Gasteiger partial charge in [-0.1, -0.05) is 6.92 Å². The van der Waals surface area contributed by atoms with Crippen LogP contribution in [-0.4, -0.2) is 65.8 Å². The molecule has 2 atom stereocenters. The van der Waals surface area contributed by atoms with Gasteiger partial charge in [0, 0.05) is 6.42 Å². The molecule has 2 aliphatic heterocycles. The molecule has 4 nitrogen and oxygen atoms in total. The summed E-state index contributed by atoms with van der Waals surface area (Å²) in [7, 11) is 0. The molecule has 0 saturated carbocycles. The summed E-state index contributed by atoms with van der Waals surface area (Å²) in [4.78, 5) is 15.8. The van der Waals surface area contributed by atoms with Crippen molar-refractivity contribution in [3.8, 4) is 0 Å². The normalized spacial score (nSPS) is 30.9. The van der Waals surface area contributed by atoms with Crippen molar-refractivity contribution in [3.63, 3.8) is 0 Å². The van der Waals surface area contributed by atoms with Gasteiger partial charge in [-0.25, -0.2) is 4.39 Å². The second kappa shape index (κ2) is 5.97. The van der Waals surface area contributed by atoms with Gasteiger partial charge in [-0.2, -0.15) is 0 Å². The third kappa shape index (κ3) is 3.20. The highest BCUT2D eigenvalue weighted by atomic mass is 19.1. The summed E-state index contributed by atoms with van der Waals surface area (Å²) in [6.45, 7) is 4.51. The van der Waals surface area contributed by atoms with Gasteiger partial charge in [-0.15, -0.1) is 0 Å². The van der Waals surface area contributed by atoms with Gasteiger partial charge in [0.25, 0.3) is 0 Å². The van der Waals surface area contributed by atoms with Crippen molar-refractivity contribution in [1.29, 1.82) is 0 Å². The second-order valence-electron chi connectivity index (χ2n) is 5.67. The number of carbonyl (C=O) groups is 1. The van der Waals surface area contributed by atoms with Gasteiger partial charge in [-0.05, 0) is 31.8 Å². The summed E-state index contributed by atoms with van der Waals surface area (Å²) in [5, 5.41) is 9.17. The topological polar surface area (TPSA) is 43.8 Å². The minimum atomic E-state index is -0.979. The van der Waals surface area contributed by atoms with Crippen LogP contribution in [0.1, 0.15) is 26.2 Å². The molecule has 0 radical (unpaired) electrons. The number of piperidine rings is 1. The first kappa shape index (κ1) is 13.7. The Bertz CT molecular complexity index is 293. The standard InChI is InChI=1S/C13H23FN2O2/c1-10-2-4-15(5-3-10)8-13(18)16-7-11(14)6-12(16)9-17/h10-12,17H,2-9H2,1H3/t11-,12-/m0/s1. The Morgan fingerprint density at radius 1 is 1.39 bits per heavy atom. The number of rotatable bonds is 3. The Morgan fingerprint density at radius 3 is 2.67 bits per heavy atom. The Hall–Kier alpha value is -0.680. The van der Waals surface area contributed by atoms with Crippen LogP contribution in [0.3, 0.4) is 0 Å². The molecule has 2 saturated heterocycles. The first-order valence-corrected chi connectivity index (χ1v) is 6.87. The van der Waals surface area contributed by atoms with Crippen molar-refractivity contribution in [1.82, 2.24) is 9.80 Å². The minimum absolute atomic E-state index is 0.0382.